The number of alkyl halides is 2. The fourth-order valence-corrected chi connectivity index (χ4v) is 2.58. The van der Waals surface area contributed by atoms with Crippen LogP contribution in [-0.4, -0.2) is 31.6 Å². The maximum Gasteiger partial charge on any atom is 0.387 e. The zero-order chi connectivity index (χ0) is 21.1. The molecule has 0 heterocycles. The van der Waals surface area contributed by atoms with E-state index in [0.29, 0.717) is 36.7 Å². The molecule has 3 N–H and O–H groups in total. The summed E-state index contributed by atoms with van der Waals surface area (Å²) in [4.78, 5) is 16.3. The van der Waals surface area contributed by atoms with Gasteiger partial charge in [-0.2, -0.15) is 8.78 Å². The maximum absolute atomic E-state index is 12.5. The fraction of sp³-hybridized carbons (Fsp3) is 0.333. The molecule has 0 spiro atoms. The van der Waals surface area contributed by atoms with E-state index in [1.807, 2.05) is 26.0 Å². The van der Waals surface area contributed by atoms with Gasteiger partial charge in [0, 0.05) is 30.8 Å². The highest BCUT2D eigenvalue weighted by Gasteiger charge is 2.09. The van der Waals surface area contributed by atoms with Crippen molar-refractivity contribution in [2.75, 3.05) is 13.1 Å². The SMILES string of the molecule is CCNC(=O)c1ccc(CN=C(NCC)NCc2ccccc2OC(F)F)cc1. The van der Waals surface area contributed by atoms with E-state index in [9.17, 15) is 13.6 Å². The zero-order valence-corrected chi connectivity index (χ0v) is 16.5. The molecule has 0 aliphatic rings. The van der Waals surface area contributed by atoms with Crippen LogP contribution < -0.4 is 20.7 Å². The standard InChI is InChI=1S/C21H26F2N4O2/c1-3-24-19(28)16-11-9-15(10-12-16)13-26-21(25-4-2)27-14-17-7-5-6-8-18(17)29-20(22)23/h5-12,20H,3-4,13-14H2,1-2H3,(H,24,28)(H2,25,26,27). The van der Waals surface area contributed by atoms with Gasteiger partial charge < -0.3 is 20.7 Å². The minimum absolute atomic E-state index is 0.109. The molecule has 2 aromatic rings. The van der Waals surface area contributed by atoms with Gasteiger partial charge in [-0.15, -0.1) is 0 Å². The van der Waals surface area contributed by atoms with Crippen molar-refractivity contribution in [3.63, 3.8) is 0 Å². The summed E-state index contributed by atoms with van der Waals surface area (Å²) in [6.45, 7) is 2.84. The first-order chi connectivity index (χ1) is 14.0. The van der Waals surface area contributed by atoms with E-state index in [2.05, 4.69) is 25.7 Å². The number of hydrogen-bond donors (Lipinski definition) is 3. The van der Waals surface area contributed by atoms with Crippen molar-refractivity contribution in [3.05, 3.63) is 65.2 Å². The van der Waals surface area contributed by atoms with Crippen LogP contribution in [0.2, 0.25) is 0 Å². The van der Waals surface area contributed by atoms with Gasteiger partial charge in [-0.05, 0) is 37.6 Å². The van der Waals surface area contributed by atoms with Crippen molar-refractivity contribution < 1.29 is 18.3 Å². The van der Waals surface area contributed by atoms with Gasteiger partial charge in [-0.25, -0.2) is 4.99 Å². The lowest BCUT2D eigenvalue weighted by Gasteiger charge is -2.14. The van der Waals surface area contributed by atoms with E-state index in [-0.39, 0.29) is 18.2 Å². The van der Waals surface area contributed by atoms with Gasteiger partial charge >= 0.3 is 6.61 Å². The van der Waals surface area contributed by atoms with Crippen LogP contribution in [0.3, 0.4) is 0 Å². The summed E-state index contributed by atoms with van der Waals surface area (Å²) in [5, 5.41) is 8.99. The number of para-hydroxylation sites is 1. The number of nitrogens with one attached hydrogen (secondary N) is 3. The van der Waals surface area contributed by atoms with E-state index in [4.69, 9.17) is 0 Å². The number of halogens is 2. The van der Waals surface area contributed by atoms with Crippen molar-refractivity contribution >= 4 is 11.9 Å². The van der Waals surface area contributed by atoms with Crippen molar-refractivity contribution in [1.82, 2.24) is 16.0 Å². The number of ether oxygens (including phenoxy) is 1. The van der Waals surface area contributed by atoms with E-state index in [1.165, 1.54) is 6.07 Å². The molecule has 0 aliphatic heterocycles. The Hall–Kier alpha value is -3.16. The normalized spacial score (nSPS) is 11.3. The third-order valence-corrected chi connectivity index (χ3v) is 3.95. The van der Waals surface area contributed by atoms with Crippen LogP contribution in [-0.2, 0) is 13.1 Å². The summed E-state index contributed by atoms with van der Waals surface area (Å²) >= 11 is 0. The van der Waals surface area contributed by atoms with Gasteiger partial charge in [-0.3, -0.25) is 4.79 Å². The molecule has 156 valence electrons. The van der Waals surface area contributed by atoms with Crippen molar-refractivity contribution in [1.29, 1.82) is 0 Å². The monoisotopic (exact) mass is 404 g/mol. The molecule has 0 atom stereocenters. The van der Waals surface area contributed by atoms with Crippen molar-refractivity contribution in [2.24, 2.45) is 4.99 Å². The van der Waals surface area contributed by atoms with Crippen LogP contribution >= 0.6 is 0 Å². The van der Waals surface area contributed by atoms with Crippen molar-refractivity contribution in [2.45, 2.75) is 33.5 Å². The quantitative estimate of drug-likeness (QED) is 0.443. The number of benzene rings is 2. The van der Waals surface area contributed by atoms with Crippen molar-refractivity contribution in [3.8, 4) is 5.75 Å². The molecular formula is C21H26F2N4O2. The van der Waals surface area contributed by atoms with Gasteiger partial charge in [-0.1, -0.05) is 30.3 Å². The molecule has 8 heteroatoms. The van der Waals surface area contributed by atoms with E-state index < -0.39 is 6.61 Å². The fourth-order valence-electron chi connectivity index (χ4n) is 2.58. The average Bonchev–Trinajstić information content (AvgIpc) is 2.71. The zero-order valence-electron chi connectivity index (χ0n) is 16.5. The first-order valence-electron chi connectivity index (χ1n) is 9.45. The minimum Gasteiger partial charge on any atom is -0.434 e. The molecule has 2 rings (SSSR count). The van der Waals surface area contributed by atoms with Gasteiger partial charge in [0.25, 0.3) is 5.91 Å². The topological polar surface area (TPSA) is 74.8 Å². The Bertz CT molecular complexity index is 811. The number of nitrogens with zero attached hydrogens (tertiary/aromatic N) is 1. The Morgan fingerprint density at radius 3 is 2.34 bits per heavy atom. The first-order valence-corrected chi connectivity index (χ1v) is 9.45. The van der Waals surface area contributed by atoms with E-state index in [1.54, 1.807) is 30.3 Å². The summed E-state index contributed by atoms with van der Waals surface area (Å²) in [5.41, 5.74) is 2.14. The summed E-state index contributed by atoms with van der Waals surface area (Å²) in [6.07, 6.45) is 0. The maximum atomic E-state index is 12.5. The Morgan fingerprint density at radius 1 is 1.00 bits per heavy atom. The Balaban J connectivity index is 2.01. The van der Waals surface area contributed by atoms with Crippen LogP contribution in [0.1, 0.15) is 35.3 Å². The highest BCUT2D eigenvalue weighted by atomic mass is 19.3. The molecule has 0 saturated heterocycles. The third kappa shape index (κ3) is 7.40. The number of carbonyl (C=O) groups is 1. The predicted molar refractivity (Wildman–Crippen MR) is 109 cm³/mol. The molecule has 0 radical (unpaired) electrons. The van der Waals surface area contributed by atoms with E-state index >= 15 is 0 Å². The molecule has 29 heavy (non-hydrogen) atoms. The average molecular weight is 404 g/mol. The largest absolute Gasteiger partial charge is 0.434 e. The van der Waals surface area contributed by atoms with E-state index in [0.717, 1.165) is 5.56 Å². The third-order valence-electron chi connectivity index (χ3n) is 3.95. The summed E-state index contributed by atoms with van der Waals surface area (Å²) in [5.74, 6) is 0.571. The number of hydrogen-bond acceptors (Lipinski definition) is 3. The molecule has 0 fully saturated rings. The van der Waals surface area contributed by atoms with Gasteiger partial charge in [0.1, 0.15) is 5.75 Å². The van der Waals surface area contributed by atoms with Crippen LogP contribution in [0.15, 0.2) is 53.5 Å². The van der Waals surface area contributed by atoms with Crippen LogP contribution in [0, 0.1) is 0 Å². The van der Waals surface area contributed by atoms with Gasteiger partial charge in [0.2, 0.25) is 0 Å². The molecule has 0 saturated carbocycles. The molecule has 0 aliphatic carbocycles. The second-order valence-electron chi connectivity index (χ2n) is 6.09. The highest BCUT2D eigenvalue weighted by molar-refractivity contribution is 5.94. The highest BCUT2D eigenvalue weighted by Crippen LogP contribution is 2.19. The number of aliphatic imine (C=N–C) groups is 1. The first kappa shape index (κ1) is 22.1. The lowest BCUT2D eigenvalue weighted by molar-refractivity contribution is -0.0504. The minimum atomic E-state index is -2.87. The number of carbonyl (C=O) groups excluding carboxylic acids is 1. The predicted octanol–water partition coefficient (Wildman–Crippen LogP) is 3.29. The number of rotatable bonds is 9. The Labute approximate surface area is 169 Å². The van der Waals surface area contributed by atoms with Crippen LogP contribution in [0.25, 0.3) is 0 Å². The smallest absolute Gasteiger partial charge is 0.387 e. The molecule has 0 aromatic heterocycles. The van der Waals surface area contributed by atoms with Crippen LogP contribution in [0.4, 0.5) is 8.78 Å². The molecule has 6 nitrogen and oxygen atoms in total. The molecular weight excluding hydrogens is 378 g/mol. The number of amides is 1. The van der Waals surface area contributed by atoms with Crippen LogP contribution in [0.5, 0.6) is 5.75 Å². The lowest BCUT2D eigenvalue weighted by Crippen LogP contribution is -2.36. The Morgan fingerprint density at radius 2 is 1.69 bits per heavy atom. The second-order valence-corrected chi connectivity index (χ2v) is 6.09. The summed E-state index contributed by atoms with van der Waals surface area (Å²) in [7, 11) is 0. The summed E-state index contributed by atoms with van der Waals surface area (Å²) in [6, 6.07) is 13.8. The number of guanidine groups is 1. The van der Waals surface area contributed by atoms with Gasteiger partial charge in [0.05, 0.1) is 6.54 Å². The van der Waals surface area contributed by atoms with Gasteiger partial charge in [0.15, 0.2) is 5.96 Å². The molecule has 2 aromatic carbocycles. The summed E-state index contributed by atoms with van der Waals surface area (Å²) < 4.78 is 29.6. The molecule has 0 bridgehead atoms. The Kier molecular flexibility index (Phi) is 8.88. The second kappa shape index (κ2) is 11.6. The lowest BCUT2D eigenvalue weighted by atomic mass is 10.1. The molecule has 0 unspecified atom stereocenters. The molecule has 1 amide bonds.